The number of aromatic nitrogens is 1. The molecule has 1 saturated heterocycles. The molecule has 0 bridgehead atoms. The molecule has 30 heavy (non-hydrogen) atoms. The molecule has 9 nitrogen and oxygen atoms in total. The van der Waals surface area contributed by atoms with Crippen LogP contribution in [-0.4, -0.2) is 63.0 Å². The van der Waals surface area contributed by atoms with Crippen molar-refractivity contribution in [2.24, 2.45) is 0 Å². The average Bonchev–Trinajstić information content (AvgIpc) is 2.76. The van der Waals surface area contributed by atoms with Crippen LogP contribution in [0.25, 0.3) is 0 Å². The summed E-state index contributed by atoms with van der Waals surface area (Å²) in [6.07, 6.45) is 1.57. The van der Waals surface area contributed by atoms with Gasteiger partial charge in [0.2, 0.25) is 11.3 Å². The van der Waals surface area contributed by atoms with Gasteiger partial charge in [-0.15, -0.1) is 0 Å². The molecule has 1 fully saturated rings. The number of nitrogens with zero attached hydrogens (tertiary/aromatic N) is 2. The molecule has 1 aromatic heterocycles. The largest absolute Gasteiger partial charge is 0.497 e. The van der Waals surface area contributed by atoms with Crippen molar-refractivity contribution in [2.75, 3.05) is 52.9 Å². The van der Waals surface area contributed by atoms with E-state index >= 15 is 0 Å². The van der Waals surface area contributed by atoms with Crippen molar-refractivity contribution in [3.8, 4) is 17.2 Å². The molecular formula is C21H27N3O6. The maximum atomic E-state index is 12.8. The minimum absolute atomic E-state index is 0.0106. The third kappa shape index (κ3) is 5.31. The Labute approximate surface area is 175 Å². The summed E-state index contributed by atoms with van der Waals surface area (Å²) in [5.74, 6) is 1.04. The molecule has 2 heterocycles. The van der Waals surface area contributed by atoms with E-state index in [1.165, 1.54) is 20.3 Å². The van der Waals surface area contributed by atoms with Crippen molar-refractivity contribution in [3.63, 3.8) is 0 Å². The van der Waals surface area contributed by atoms with Gasteiger partial charge in [-0.2, -0.15) is 0 Å². The molecule has 0 radical (unpaired) electrons. The number of amides is 1. The van der Waals surface area contributed by atoms with Gasteiger partial charge in [-0.05, 0) is 12.1 Å². The van der Waals surface area contributed by atoms with E-state index in [9.17, 15) is 9.59 Å². The monoisotopic (exact) mass is 417 g/mol. The summed E-state index contributed by atoms with van der Waals surface area (Å²) in [6, 6.07) is 6.69. The first-order chi connectivity index (χ1) is 14.5. The number of methoxy groups -OCH3 is 3. The van der Waals surface area contributed by atoms with Crippen molar-refractivity contribution in [1.82, 2.24) is 9.47 Å². The Hall–Kier alpha value is -3.04. The summed E-state index contributed by atoms with van der Waals surface area (Å²) in [4.78, 5) is 27.3. The predicted molar refractivity (Wildman–Crippen MR) is 112 cm³/mol. The van der Waals surface area contributed by atoms with E-state index in [2.05, 4.69) is 10.2 Å². The molecule has 0 saturated carbocycles. The maximum absolute atomic E-state index is 12.8. The van der Waals surface area contributed by atoms with Crippen LogP contribution in [0.1, 0.15) is 5.69 Å². The zero-order chi connectivity index (χ0) is 21.5. The van der Waals surface area contributed by atoms with Gasteiger partial charge >= 0.3 is 0 Å². The highest BCUT2D eigenvalue weighted by Crippen LogP contribution is 2.28. The lowest BCUT2D eigenvalue weighted by Crippen LogP contribution is -2.37. The van der Waals surface area contributed by atoms with E-state index in [-0.39, 0.29) is 23.6 Å². The number of benzene rings is 1. The van der Waals surface area contributed by atoms with Crippen LogP contribution < -0.4 is 25.0 Å². The van der Waals surface area contributed by atoms with Crippen LogP contribution in [0.4, 0.5) is 5.69 Å². The van der Waals surface area contributed by atoms with Gasteiger partial charge in [0.15, 0.2) is 5.75 Å². The Bertz CT molecular complexity index is 937. The zero-order valence-corrected chi connectivity index (χ0v) is 17.5. The van der Waals surface area contributed by atoms with Crippen LogP contribution in [0.15, 0.2) is 35.3 Å². The number of carbonyl (C=O) groups is 1. The van der Waals surface area contributed by atoms with Gasteiger partial charge in [0.1, 0.15) is 18.0 Å². The van der Waals surface area contributed by atoms with Crippen LogP contribution in [0.2, 0.25) is 0 Å². The molecule has 1 N–H and O–H groups in total. The highest BCUT2D eigenvalue weighted by atomic mass is 16.5. The molecule has 0 atom stereocenters. The van der Waals surface area contributed by atoms with Crippen LogP contribution in [0.5, 0.6) is 17.2 Å². The normalized spacial score (nSPS) is 14.2. The summed E-state index contributed by atoms with van der Waals surface area (Å²) in [5, 5.41) is 2.85. The molecule has 1 aliphatic rings. The second kappa shape index (κ2) is 10.1. The molecule has 1 amide bonds. The molecule has 3 rings (SSSR count). The number of morpholine rings is 1. The van der Waals surface area contributed by atoms with Crippen LogP contribution in [0.3, 0.4) is 0 Å². The fourth-order valence-electron chi connectivity index (χ4n) is 3.27. The van der Waals surface area contributed by atoms with E-state index < -0.39 is 0 Å². The highest BCUT2D eigenvalue weighted by Gasteiger charge is 2.17. The Morgan fingerprint density at radius 2 is 1.80 bits per heavy atom. The number of ether oxygens (including phenoxy) is 4. The SMILES string of the molecule is COc1ccc(OC)c(NC(=O)Cn2cc(OC)c(=O)cc2CN2CCOCC2)c1. The fraction of sp³-hybridized carbons (Fsp3) is 0.429. The molecule has 1 aliphatic heterocycles. The smallest absolute Gasteiger partial charge is 0.244 e. The molecule has 162 valence electrons. The van der Waals surface area contributed by atoms with Gasteiger partial charge in [-0.3, -0.25) is 14.5 Å². The van der Waals surface area contributed by atoms with Gasteiger partial charge < -0.3 is 28.8 Å². The summed E-state index contributed by atoms with van der Waals surface area (Å²) >= 11 is 0. The Morgan fingerprint density at radius 1 is 1.07 bits per heavy atom. The number of nitrogens with one attached hydrogen (secondary N) is 1. The van der Waals surface area contributed by atoms with E-state index in [4.69, 9.17) is 18.9 Å². The second-order valence-electron chi connectivity index (χ2n) is 6.83. The van der Waals surface area contributed by atoms with Crippen molar-refractivity contribution in [2.45, 2.75) is 13.1 Å². The summed E-state index contributed by atoms with van der Waals surface area (Å²) in [7, 11) is 4.52. The van der Waals surface area contributed by atoms with Gasteiger partial charge in [-0.1, -0.05) is 0 Å². The highest BCUT2D eigenvalue weighted by molar-refractivity contribution is 5.92. The van der Waals surface area contributed by atoms with Crippen molar-refractivity contribution in [1.29, 1.82) is 0 Å². The lowest BCUT2D eigenvalue weighted by atomic mass is 10.2. The van der Waals surface area contributed by atoms with Gasteiger partial charge in [0.05, 0.1) is 46.4 Å². The van der Waals surface area contributed by atoms with E-state index in [0.717, 1.165) is 18.8 Å². The van der Waals surface area contributed by atoms with Gasteiger partial charge in [-0.25, -0.2) is 0 Å². The topological polar surface area (TPSA) is 91.3 Å². The van der Waals surface area contributed by atoms with Crippen LogP contribution >= 0.6 is 0 Å². The maximum Gasteiger partial charge on any atom is 0.244 e. The number of rotatable bonds is 8. The predicted octanol–water partition coefficient (Wildman–Crippen LogP) is 1.35. The summed E-state index contributed by atoms with van der Waals surface area (Å²) in [5.41, 5.74) is 1.02. The first-order valence-corrected chi connectivity index (χ1v) is 9.63. The van der Waals surface area contributed by atoms with E-state index in [1.54, 1.807) is 36.1 Å². The minimum Gasteiger partial charge on any atom is -0.497 e. The fourth-order valence-corrected chi connectivity index (χ4v) is 3.27. The second-order valence-corrected chi connectivity index (χ2v) is 6.83. The quantitative estimate of drug-likeness (QED) is 0.693. The molecule has 0 aliphatic carbocycles. The van der Waals surface area contributed by atoms with Crippen LogP contribution in [0, 0.1) is 0 Å². The average molecular weight is 417 g/mol. The molecule has 1 aromatic carbocycles. The van der Waals surface area contributed by atoms with E-state index in [0.29, 0.717) is 36.9 Å². The number of hydrogen-bond acceptors (Lipinski definition) is 7. The summed E-state index contributed by atoms with van der Waals surface area (Å²) < 4.78 is 22.8. The summed E-state index contributed by atoms with van der Waals surface area (Å²) in [6.45, 7) is 3.39. The first kappa shape index (κ1) is 21.7. The van der Waals surface area contributed by atoms with E-state index in [1.807, 2.05) is 0 Å². The molecule has 0 spiro atoms. The zero-order valence-electron chi connectivity index (χ0n) is 17.5. The number of hydrogen-bond donors (Lipinski definition) is 1. The van der Waals surface area contributed by atoms with Crippen LogP contribution in [-0.2, 0) is 22.6 Å². The van der Waals surface area contributed by atoms with Crippen molar-refractivity contribution in [3.05, 3.63) is 46.4 Å². The Kier molecular flexibility index (Phi) is 7.31. The molecule has 2 aromatic rings. The molecule has 0 unspecified atom stereocenters. The Morgan fingerprint density at radius 3 is 2.47 bits per heavy atom. The first-order valence-electron chi connectivity index (χ1n) is 9.63. The van der Waals surface area contributed by atoms with Crippen molar-refractivity contribution < 1.29 is 23.7 Å². The molecule has 9 heteroatoms. The number of carbonyl (C=O) groups excluding carboxylic acids is 1. The third-order valence-corrected chi connectivity index (χ3v) is 4.89. The number of pyridine rings is 1. The Balaban J connectivity index is 1.82. The van der Waals surface area contributed by atoms with Gasteiger partial charge in [0, 0.05) is 37.5 Å². The minimum atomic E-state index is -0.268. The third-order valence-electron chi connectivity index (χ3n) is 4.89. The van der Waals surface area contributed by atoms with Crippen molar-refractivity contribution >= 4 is 11.6 Å². The standard InChI is InChI=1S/C21H27N3O6/c1-27-16-4-5-19(28-2)17(11-16)22-21(26)14-24-13-20(29-3)18(25)10-15(24)12-23-6-8-30-9-7-23/h4-5,10-11,13H,6-9,12,14H2,1-3H3,(H,22,26). The lowest BCUT2D eigenvalue weighted by Gasteiger charge is -2.27. The molecular weight excluding hydrogens is 390 g/mol. The van der Waals surface area contributed by atoms with Gasteiger partial charge in [0.25, 0.3) is 0 Å². The lowest BCUT2D eigenvalue weighted by molar-refractivity contribution is -0.116. The number of anilines is 1.